The first-order valence-corrected chi connectivity index (χ1v) is 7.64. The lowest BCUT2D eigenvalue weighted by molar-refractivity contribution is -0.136. The Morgan fingerprint density at radius 1 is 1.29 bits per heavy atom. The van der Waals surface area contributed by atoms with Gasteiger partial charge in [-0.2, -0.15) is 0 Å². The van der Waals surface area contributed by atoms with Gasteiger partial charge in [-0.25, -0.2) is 4.79 Å². The summed E-state index contributed by atoms with van der Waals surface area (Å²) >= 11 is 1.58. The van der Waals surface area contributed by atoms with E-state index in [1.165, 1.54) is 0 Å². The molecule has 2 amide bonds. The Labute approximate surface area is 128 Å². The van der Waals surface area contributed by atoms with Crippen molar-refractivity contribution in [1.29, 1.82) is 0 Å². The van der Waals surface area contributed by atoms with Gasteiger partial charge in [-0.05, 0) is 24.1 Å². The summed E-state index contributed by atoms with van der Waals surface area (Å²) in [5.74, 6) is 3.11. The number of hydrogen-bond donors (Lipinski definition) is 3. The molecule has 3 N–H and O–H groups in total. The summed E-state index contributed by atoms with van der Waals surface area (Å²) < 4.78 is 0. The highest BCUT2D eigenvalue weighted by atomic mass is 32.2. The lowest BCUT2D eigenvalue weighted by Crippen LogP contribution is -2.30. The third kappa shape index (κ3) is 7.90. The van der Waals surface area contributed by atoms with Gasteiger partial charge in [0.2, 0.25) is 0 Å². The zero-order chi connectivity index (χ0) is 15.5. The van der Waals surface area contributed by atoms with Crippen molar-refractivity contribution in [3.8, 4) is 12.3 Å². The Balaban J connectivity index is 2.29. The number of terminal acetylenes is 1. The number of carbonyl (C=O) groups is 2. The van der Waals surface area contributed by atoms with E-state index in [0.29, 0.717) is 24.4 Å². The zero-order valence-corrected chi connectivity index (χ0v) is 12.4. The molecule has 0 fully saturated rings. The van der Waals surface area contributed by atoms with Crippen molar-refractivity contribution in [2.75, 3.05) is 23.4 Å². The van der Waals surface area contributed by atoms with Gasteiger partial charge < -0.3 is 15.7 Å². The topological polar surface area (TPSA) is 78.4 Å². The Bertz CT molecular complexity index is 509. The average molecular weight is 306 g/mol. The molecule has 5 nitrogen and oxygen atoms in total. The number of nitrogens with one attached hydrogen (secondary N) is 2. The summed E-state index contributed by atoms with van der Waals surface area (Å²) in [7, 11) is 0. The maximum Gasteiger partial charge on any atom is 0.319 e. The second-order valence-electron chi connectivity index (χ2n) is 4.23. The molecular formula is C15H18N2O3S. The van der Waals surface area contributed by atoms with Crippen LogP contribution in [-0.4, -0.2) is 35.2 Å². The largest absolute Gasteiger partial charge is 0.481 e. The maximum absolute atomic E-state index is 11.6. The number of amides is 2. The van der Waals surface area contributed by atoms with Crippen LogP contribution in [0.4, 0.5) is 10.5 Å². The van der Waals surface area contributed by atoms with E-state index in [1.807, 2.05) is 0 Å². The number of benzene rings is 1. The number of anilines is 1. The van der Waals surface area contributed by atoms with Crippen LogP contribution in [0.2, 0.25) is 0 Å². The van der Waals surface area contributed by atoms with E-state index in [-0.39, 0.29) is 12.5 Å². The van der Waals surface area contributed by atoms with Crippen LogP contribution >= 0.6 is 11.8 Å². The van der Waals surface area contributed by atoms with Gasteiger partial charge in [-0.3, -0.25) is 4.79 Å². The molecule has 0 heterocycles. The number of thioether (sulfide) groups is 1. The molecule has 1 aromatic carbocycles. The van der Waals surface area contributed by atoms with Crippen molar-refractivity contribution in [3.05, 3.63) is 29.8 Å². The number of hydrogen-bond acceptors (Lipinski definition) is 3. The second kappa shape index (κ2) is 9.72. The quantitative estimate of drug-likeness (QED) is 0.508. The van der Waals surface area contributed by atoms with Gasteiger partial charge in [-0.1, -0.05) is 18.1 Å². The number of carboxylic acids is 1. The fraction of sp³-hybridized carbons (Fsp3) is 0.333. The molecule has 0 aliphatic heterocycles. The van der Waals surface area contributed by atoms with Crippen LogP contribution in [0.5, 0.6) is 0 Å². The number of carboxylic acid groups (broad SMARTS) is 1. The van der Waals surface area contributed by atoms with Gasteiger partial charge in [0.25, 0.3) is 0 Å². The number of aryl methyl sites for hydroxylation is 1. The highest BCUT2D eigenvalue weighted by Gasteiger charge is 2.02. The minimum absolute atomic E-state index is 0.0998. The Hall–Kier alpha value is -2.13. The first-order chi connectivity index (χ1) is 10.1. The standard InChI is InChI=1S/C15H18N2O3S/c1-2-10-21-11-9-16-15(20)17-13-6-3-12(4-7-13)5-8-14(18)19/h1,3-4,6-7H,5,8-11H2,(H,18,19)(H2,16,17,20). The summed E-state index contributed by atoms with van der Waals surface area (Å²) in [6, 6.07) is 6.85. The van der Waals surface area contributed by atoms with Crippen LogP contribution in [-0.2, 0) is 11.2 Å². The van der Waals surface area contributed by atoms with Crippen molar-refractivity contribution in [2.45, 2.75) is 12.8 Å². The summed E-state index contributed by atoms with van der Waals surface area (Å²) in [5, 5.41) is 14.0. The van der Waals surface area contributed by atoms with Crippen LogP contribution in [0, 0.1) is 12.3 Å². The maximum atomic E-state index is 11.6. The zero-order valence-electron chi connectivity index (χ0n) is 11.6. The molecule has 6 heteroatoms. The normalized spacial score (nSPS) is 9.67. The van der Waals surface area contributed by atoms with Crippen LogP contribution in [0.15, 0.2) is 24.3 Å². The molecule has 1 rings (SSSR count). The molecule has 21 heavy (non-hydrogen) atoms. The minimum atomic E-state index is -0.820. The summed E-state index contributed by atoms with van der Waals surface area (Å²) in [5.41, 5.74) is 1.59. The van der Waals surface area contributed by atoms with Gasteiger partial charge >= 0.3 is 12.0 Å². The highest BCUT2D eigenvalue weighted by Crippen LogP contribution is 2.11. The molecule has 0 saturated carbocycles. The predicted octanol–water partition coefficient (Wildman–Crippen LogP) is 2.19. The van der Waals surface area contributed by atoms with E-state index >= 15 is 0 Å². The highest BCUT2D eigenvalue weighted by molar-refractivity contribution is 7.99. The molecule has 0 aliphatic rings. The Morgan fingerprint density at radius 3 is 2.62 bits per heavy atom. The molecule has 0 bridgehead atoms. The third-order valence-electron chi connectivity index (χ3n) is 2.56. The lowest BCUT2D eigenvalue weighted by atomic mass is 10.1. The second-order valence-corrected chi connectivity index (χ2v) is 5.33. The van der Waals surface area contributed by atoms with Crippen molar-refractivity contribution < 1.29 is 14.7 Å². The van der Waals surface area contributed by atoms with Gasteiger partial charge in [-0.15, -0.1) is 18.2 Å². The van der Waals surface area contributed by atoms with E-state index in [1.54, 1.807) is 36.0 Å². The Kier molecular flexibility index (Phi) is 7.84. The number of rotatable bonds is 8. The van der Waals surface area contributed by atoms with Gasteiger partial charge in [0, 0.05) is 24.4 Å². The van der Waals surface area contributed by atoms with Gasteiger partial charge in [0.05, 0.1) is 5.75 Å². The molecule has 0 aliphatic carbocycles. The summed E-state index contributed by atoms with van der Waals surface area (Å²) in [6.45, 7) is 0.550. The van der Waals surface area contributed by atoms with Crippen LogP contribution < -0.4 is 10.6 Å². The van der Waals surface area contributed by atoms with E-state index < -0.39 is 5.97 Å². The molecule has 0 atom stereocenters. The Morgan fingerprint density at radius 2 is 2.00 bits per heavy atom. The minimum Gasteiger partial charge on any atom is -0.481 e. The number of carbonyl (C=O) groups excluding carboxylic acids is 1. The van der Waals surface area contributed by atoms with Crippen molar-refractivity contribution in [3.63, 3.8) is 0 Å². The van der Waals surface area contributed by atoms with Crippen LogP contribution in [0.25, 0.3) is 0 Å². The van der Waals surface area contributed by atoms with Crippen LogP contribution in [0.1, 0.15) is 12.0 Å². The fourth-order valence-electron chi connectivity index (χ4n) is 1.55. The number of urea groups is 1. The summed E-state index contributed by atoms with van der Waals surface area (Å²) in [4.78, 5) is 22.1. The molecule has 112 valence electrons. The molecule has 0 radical (unpaired) electrons. The molecule has 0 unspecified atom stereocenters. The van der Waals surface area contributed by atoms with E-state index in [9.17, 15) is 9.59 Å². The van der Waals surface area contributed by atoms with Crippen molar-refractivity contribution in [2.24, 2.45) is 0 Å². The average Bonchev–Trinajstić information content (AvgIpc) is 2.46. The monoisotopic (exact) mass is 306 g/mol. The van der Waals surface area contributed by atoms with Crippen molar-refractivity contribution >= 4 is 29.4 Å². The smallest absolute Gasteiger partial charge is 0.319 e. The molecule has 0 saturated heterocycles. The molecule has 0 spiro atoms. The number of aliphatic carboxylic acids is 1. The van der Waals surface area contributed by atoms with E-state index in [2.05, 4.69) is 16.6 Å². The van der Waals surface area contributed by atoms with Crippen molar-refractivity contribution in [1.82, 2.24) is 5.32 Å². The first kappa shape index (κ1) is 16.9. The fourth-order valence-corrected chi connectivity index (χ4v) is 2.06. The van der Waals surface area contributed by atoms with E-state index in [0.717, 1.165) is 11.3 Å². The SMILES string of the molecule is C#CCSCCNC(=O)Nc1ccc(CCC(=O)O)cc1. The van der Waals surface area contributed by atoms with Gasteiger partial charge in [0.1, 0.15) is 0 Å². The van der Waals surface area contributed by atoms with Crippen LogP contribution in [0.3, 0.4) is 0 Å². The third-order valence-corrected chi connectivity index (χ3v) is 3.42. The molecule has 1 aromatic rings. The predicted molar refractivity (Wildman–Crippen MR) is 85.6 cm³/mol. The lowest BCUT2D eigenvalue weighted by Gasteiger charge is -2.08. The summed E-state index contributed by atoms with van der Waals surface area (Å²) in [6.07, 6.45) is 5.70. The van der Waals surface area contributed by atoms with Gasteiger partial charge in [0.15, 0.2) is 0 Å². The molecule has 0 aromatic heterocycles. The first-order valence-electron chi connectivity index (χ1n) is 6.48. The van der Waals surface area contributed by atoms with E-state index in [4.69, 9.17) is 11.5 Å². The molecular weight excluding hydrogens is 288 g/mol.